The Balaban J connectivity index is 2.11. The van der Waals surface area contributed by atoms with Crippen molar-refractivity contribution in [1.29, 1.82) is 0 Å². The van der Waals surface area contributed by atoms with E-state index in [4.69, 9.17) is 9.47 Å². The number of rotatable bonds is 2. The summed E-state index contributed by atoms with van der Waals surface area (Å²) in [5, 5.41) is 0. The van der Waals surface area contributed by atoms with Gasteiger partial charge in [0.05, 0.1) is 11.1 Å². The van der Waals surface area contributed by atoms with E-state index in [1.165, 1.54) is 0 Å². The first-order valence-electron chi connectivity index (χ1n) is 5.41. The Kier molecular flexibility index (Phi) is 3.82. The van der Waals surface area contributed by atoms with Crippen LogP contribution in [0.3, 0.4) is 0 Å². The molecule has 0 radical (unpaired) electrons. The van der Waals surface area contributed by atoms with Crippen molar-refractivity contribution in [1.82, 2.24) is 0 Å². The monoisotopic (exact) mass is 288 g/mol. The van der Waals surface area contributed by atoms with Crippen molar-refractivity contribution in [3.63, 3.8) is 0 Å². The summed E-state index contributed by atoms with van der Waals surface area (Å²) in [6.45, 7) is 2.43. The fraction of sp³-hybridized carbons (Fsp3) is 0.500. The second-order valence-electron chi connectivity index (χ2n) is 3.90. The molecular weight excluding hydrogens is 275 g/mol. The molecule has 1 aromatic carbocycles. The van der Waals surface area contributed by atoms with Crippen LogP contribution in [0.4, 0.5) is 4.39 Å². The third-order valence-electron chi connectivity index (χ3n) is 2.69. The van der Waals surface area contributed by atoms with Gasteiger partial charge in [-0.3, -0.25) is 0 Å². The quantitative estimate of drug-likeness (QED) is 0.824. The van der Waals surface area contributed by atoms with Crippen LogP contribution in [-0.4, -0.2) is 12.9 Å². The van der Waals surface area contributed by atoms with Gasteiger partial charge >= 0.3 is 0 Å². The normalized spacial score (nSPS) is 20.8. The summed E-state index contributed by atoms with van der Waals surface area (Å²) in [7, 11) is 0. The average molecular weight is 289 g/mol. The Hall–Kier alpha value is -0.610. The van der Waals surface area contributed by atoms with Crippen LogP contribution in [0.15, 0.2) is 16.6 Å². The molecule has 0 aliphatic carbocycles. The summed E-state index contributed by atoms with van der Waals surface area (Å²) in [5.41, 5.74) is 0.517. The topological polar surface area (TPSA) is 18.5 Å². The molecule has 0 aromatic heterocycles. The molecule has 4 heteroatoms. The molecule has 2 rings (SSSR count). The summed E-state index contributed by atoms with van der Waals surface area (Å²) >= 11 is 3.14. The minimum absolute atomic E-state index is 0.229. The highest BCUT2D eigenvalue weighted by Gasteiger charge is 2.17. The lowest BCUT2D eigenvalue weighted by molar-refractivity contribution is -0.106. The van der Waals surface area contributed by atoms with Gasteiger partial charge in [0.1, 0.15) is 11.6 Å². The van der Waals surface area contributed by atoms with Gasteiger partial charge in [0.15, 0.2) is 6.29 Å². The smallest absolute Gasteiger partial charge is 0.199 e. The van der Waals surface area contributed by atoms with Crippen molar-refractivity contribution in [2.75, 3.05) is 6.61 Å². The molecule has 1 aromatic rings. The first kappa shape index (κ1) is 11.9. The fourth-order valence-corrected chi connectivity index (χ4v) is 2.14. The highest BCUT2D eigenvalue weighted by Crippen LogP contribution is 2.28. The van der Waals surface area contributed by atoms with Crippen LogP contribution < -0.4 is 4.74 Å². The molecule has 1 heterocycles. The maximum Gasteiger partial charge on any atom is 0.199 e. The van der Waals surface area contributed by atoms with Crippen molar-refractivity contribution in [2.45, 2.75) is 32.5 Å². The molecule has 0 saturated carbocycles. The third kappa shape index (κ3) is 2.55. The van der Waals surface area contributed by atoms with Gasteiger partial charge in [0.2, 0.25) is 0 Å². The molecule has 0 unspecified atom stereocenters. The number of halogens is 2. The molecule has 0 N–H and O–H groups in total. The van der Waals surface area contributed by atoms with Crippen molar-refractivity contribution in [3.05, 3.63) is 28.0 Å². The molecule has 1 saturated heterocycles. The van der Waals surface area contributed by atoms with Crippen molar-refractivity contribution in [3.8, 4) is 5.75 Å². The van der Waals surface area contributed by atoms with Crippen molar-refractivity contribution >= 4 is 15.9 Å². The maximum atomic E-state index is 13.6. The van der Waals surface area contributed by atoms with E-state index >= 15 is 0 Å². The van der Waals surface area contributed by atoms with Gasteiger partial charge in [-0.05, 0) is 47.8 Å². The standard InChI is InChI=1S/C12H14BrFO2/c1-8-10(6-5-9(13)12(8)14)16-11-4-2-3-7-15-11/h5-6,11H,2-4,7H2,1H3/t11-/m1/s1. The van der Waals surface area contributed by atoms with Gasteiger partial charge in [-0.25, -0.2) is 4.39 Å². The second kappa shape index (κ2) is 5.15. The zero-order valence-corrected chi connectivity index (χ0v) is 10.7. The highest BCUT2D eigenvalue weighted by molar-refractivity contribution is 9.10. The Bertz CT molecular complexity index is 376. The van der Waals surface area contributed by atoms with Crippen LogP contribution >= 0.6 is 15.9 Å². The van der Waals surface area contributed by atoms with Gasteiger partial charge in [-0.15, -0.1) is 0 Å². The van der Waals surface area contributed by atoms with Crippen LogP contribution in [0.5, 0.6) is 5.75 Å². The van der Waals surface area contributed by atoms with Crippen LogP contribution in [0, 0.1) is 12.7 Å². The Morgan fingerprint density at radius 1 is 1.44 bits per heavy atom. The average Bonchev–Trinajstić information content (AvgIpc) is 2.31. The lowest BCUT2D eigenvalue weighted by Gasteiger charge is -2.24. The predicted octanol–water partition coefficient (Wildman–Crippen LogP) is 3.80. The molecule has 1 aliphatic rings. The lowest BCUT2D eigenvalue weighted by Crippen LogP contribution is -2.25. The molecule has 2 nitrogen and oxygen atoms in total. The molecule has 16 heavy (non-hydrogen) atoms. The third-order valence-corrected chi connectivity index (χ3v) is 3.30. The number of benzene rings is 1. The zero-order chi connectivity index (χ0) is 11.5. The summed E-state index contributed by atoms with van der Waals surface area (Å²) in [6, 6.07) is 3.42. The minimum atomic E-state index is -0.270. The van der Waals surface area contributed by atoms with Gasteiger partial charge < -0.3 is 9.47 Å². The number of hydrogen-bond donors (Lipinski definition) is 0. The molecule has 88 valence electrons. The van der Waals surface area contributed by atoms with Gasteiger partial charge in [-0.1, -0.05) is 0 Å². The first-order valence-corrected chi connectivity index (χ1v) is 6.20. The molecule has 1 fully saturated rings. The molecule has 0 bridgehead atoms. The Labute approximate surface area is 103 Å². The first-order chi connectivity index (χ1) is 7.68. The largest absolute Gasteiger partial charge is 0.465 e. The second-order valence-corrected chi connectivity index (χ2v) is 4.75. The van der Waals surface area contributed by atoms with Crippen LogP contribution in [0.25, 0.3) is 0 Å². The van der Waals surface area contributed by atoms with E-state index in [1.807, 2.05) is 0 Å². The number of ether oxygens (including phenoxy) is 2. The van der Waals surface area contributed by atoms with E-state index in [9.17, 15) is 4.39 Å². The van der Waals surface area contributed by atoms with E-state index < -0.39 is 0 Å². The molecule has 0 spiro atoms. The summed E-state index contributed by atoms with van der Waals surface area (Å²) < 4.78 is 25.1. The van der Waals surface area contributed by atoms with E-state index in [0.717, 1.165) is 25.9 Å². The van der Waals surface area contributed by atoms with Gasteiger partial charge in [-0.2, -0.15) is 0 Å². The van der Waals surface area contributed by atoms with Crippen LogP contribution in [0.1, 0.15) is 24.8 Å². The van der Waals surface area contributed by atoms with Gasteiger partial charge in [0, 0.05) is 12.0 Å². The lowest BCUT2D eigenvalue weighted by atomic mass is 10.2. The SMILES string of the molecule is Cc1c(O[C@@H]2CCCCO2)ccc(Br)c1F. The van der Waals surface area contributed by atoms with E-state index in [1.54, 1.807) is 19.1 Å². The van der Waals surface area contributed by atoms with Crippen molar-refractivity contribution < 1.29 is 13.9 Å². The van der Waals surface area contributed by atoms with Crippen LogP contribution in [-0.2, 0) is 4.74 Å². The van der Waals surface area contributed by atoms with E-state index in [0.29, 0.717) is 15.8 Å². The minimum Gasteiger partial charge on any atom is -0.465 e. The summed E-state index contributed by atoms with van der Waals surface area (Å²) in [5.74, 6) is 0.293. The Morgan fingerprint density at radius 2 is 2.25 bits per heavy atom. The fourth-order valence-electron chi connectivity index (χ4n) is 1.71. The molecule has 1 aliphatic heterocycles. The Morgan fingerprint density at radius 3 is 2.94 bits per heavy atom. The maximum absolute atomic E-state index is 13.6. The number of hydrogen-bond acceptors (Lipinski definition) is 2. The van der Waals surface area contributed by atoms with E-state index in [2.05, 4.69) is 15.9 Å². The molecule has 1 atom stereocenters. The summed E-state index contributed by atoms with van der Waals surface area (Å²) in [4.78, 5) is 0. The highest BCUT2D eigenvalue weighted by atomic mass is 79.9. The zero-order valence-electron chi connectivity index (χ0n) is 9.13. The van der Waals surface area contributed by atoms with Gasteiger partial charge in [0.25, 0.3) is 0 Å². The van der Waals surface area contributed by atoms with Crippen LogP contribution in [0.2, 0.25) is 0 Å². The van der Waals surface area contributed by atoms with E-state index in [-0.39, 0.29) is 12.1 Å². The predicted molar refractivity (Wildman–Crippen MR) is 63.1 cm³/mol. The molecule has 0 amide bonds. The van der Waals surface area contributed by atoms with Crippen molar-refractivity contribution in [2.24, 2.45) is 0 Å². The molecular formula is C12H14BrFO2. The summed E-state index contributed by atoms with van der Waals surface area (Å²) in [6.07, 6.45) is 2.82.